The zero-order chi connectivity index (χ0) is 41.1. The van der Waals surface area contributed by atoms with Crippen molar-refractivity contribution in [2.45, 2.75) is 123 Å². The third-order valence-corrected chi connectivity index (χ3v) is 11.5. The number of primary amides is 1. The number of carbonyl (C=O) groups excluding carboxylic acids is 5. The van der Waals surface area contributed by atoms with Crippen LogP contribution in [0, 0.1) is 23.7 Å². The van der Waals surface area contributed by atoms with E-state index in [0.717, 1.165) is 29.3 Å². The van der Waals surface area contributed by atoms with Gasteiger partial charge >= 0.3 is 0 Å². The lowest BCUT2D eigenvalue weighted by atomic mass is 9.89. The van der Waals surface area contributed by atoms with Crippen LogP contribution in [0.5, 0.6) is 0 Å². The number of ether oxygens (including phenoxy) is 2. The van der Waals surface area contributed by atoms with Crippen LogP contribution in [0.3, 0.4) is 0 Å². The number of para-hydroxylation sites is 1. The van der Waals surface area contributed by atoms with E-state index in [-0.39, 0.29) is 48.3 Å². The van der Waals surface area contributed by atoms with Crippen molar-refractivity contribution in [3.8, 4) is 0 Å². The molecule has 0 unspecified atom stereocenters. The molecule has 2 aromatic rings. The van der Waals surface area contributed by atoms with Gasteiger partial charge in [0.15, 0.2) is 0 Å². The molecule has 14 nitrogen and oxygen atoms in total. The lowest BCUT2D eigenvalue weighted by Crippen LogP contribution is -2.59. The Hall–Kier alpha value is -4.01. The molecule has 1 aromatic heterocycles. The molecule has 1 saturated heterocycles. The van der Waals surface area contributed by atoms with Crippen LogP contribution in [0.25, 0.3) is 10.9 Å². The molecule has 2 heterocycles. The largest absolute Gasteiger partial charge is 0.379 e. The van der Waals surface area contributed by atoms with Gasteiger partial charge in [-0.2, -0.15) is 0 Å². The molecule has 1 fully saturated rings. The second-order valence-corrected chi connectivity index (χ2v) is 15.9. The summed E-state index contributed by atoms with van der Waals surface area (Å²) < 4.78 is 11.9. The molecule has 0 bridgehead atoms. The molecule has 0 radical (unpaired) electrons. The van der Waals surface area contributed by atoms with Gasteiger partial charge in [-0.3, -0.25) is 24.0 Å². The highest BCUT2D eigenvalue weighted by Gasteiger charge is 2.43. The first-order valence-corrected chi connectivity index (χ1v) is 19.8. The van der Waals surface area contributed by atoms with Crippen molar-refractivity contribution in [1.29, 1.82) is 0 Å². The molecular formula is C41H67N7O7. The van der Waals surface area contributed by atoms with Crippen LogP contribution in [-0.2, 0) is 39.9 Å². The number of nitrogens with zero attached hydrogens (tertiary/aromatic N) is 2. The maximum Gasteiger partial charge on any atom is 0.245 e. The first-order valence-electron chi connectivity index (χ1n) is 19.8. The lowest BCUT2D eigenvalue weighted by molar-refractivity contribution is -0.148. The summed E-state index contributed by atoms with van der Waals surface area (Å²) in [6.45, 7) is 14.0. The number of fused-ring (bicyclic) bond motifs is 1. The summed E-state index contributed by atoms with van der Waals surface area (Å²) in [5, 5.41) is 9.82. The highest BCUT2D eigenvalue weighted by Crippen LogP contribution is 2.30. The molecule has 3 rings (SSSR count). The molecule has 5 amide bonds. The Morgan fingerprint density at radius 2 is 1.62 bits per heavy atom. The van der Waals surface area contributed by atoms with E-state index >= 15 is 0 Å². The van der Waals surface area contributed by atoms with Crippen LogP contribution < -0.4 is 21.7 Å². The number of aromatic nitrogens is 1. The fraction of sp³-hybridized carbons (Fsp3) is 0.683. The number of benzene rings is 1. The minimum Gasteiger partial charge on any atom is -0.379 e. The van der Waals surface area contributed by atoms with Crippen LogP contribution in [0.1, 0.15) is 79.7 Å². The number of amides is 5. The van der Waals surface area contributed by atoms with Crippen molar-refractivity contribution in [3.05, 3.63) is 36.0 Å². The smallest absolute Gasteiger partial charge is 0.245 e. The Morgan fingerprint density at radius 1 is 0.964 bits per heavy atom. The molecule has 0 saturated carbocycles. The summed E-state index contributed by atoms with van der Waals surface area (Å²) in [4.78, 5) is 74.4. The van der Waals surface area contributed by atoms with E-state index in [1.807, 2.05) is 72.0 Å². The molecular weight excluding hydrogens is 702 g/mol. The fourth-order valence-electron chi connectivity index (χ4n) is 8.10. The standard InChI is InChI=1S/C41H67N7O7/c1-12-25(6)36(47(9)41(53)35(24(4)5)46-40(52)34(43-8)23(2)3)32(54-10)21-33(49)48-19-15-18-31(48)37(55-11)26(7)39(51)45-30(38(42)50)20-27-22-44-29-17-14-13-16-28(27)29/h13-14,16-17,22-26,30-32,34-37,43-44H,12,15,18-21H2,1-11H3,(H2,42,50)(H,45,51)(H,46,52)/t25-,26+,30-,31-,32+,34-,35-,36-,37+/m0/s1. The number of nitrogens with one attached hydrogen (secondary N) is 4. The molecule has 1 aliphatic heterocycles. The fourth-order valence-corrected chi connectivity index (χ4v) is 8.10. The molecule has 1 aliphatic rings. The summed E-state index contributed by atoms with van der Waals surface area (Å²) in [7, 11) is 6.51. The van der Waals surface area contributed by atoms with Crippen molar-refractivity contribution >= 4 is 40.4 Å². The van der Waals surface area contributed by atoms with Gasteiger partial charge in [0.05, 0.1) is 42.7 Å². The molecule has 308 valence electrons. The number of likely N-dealkylation sites (tertiary alicyclic amines) is 1. The van der Waals surface area contributed by atoms with Crippen LogP contribution in [0.4, 0.5) is 0 Å². The molecule has 0 aliphatic carbocycles. The summed E-state index contributed by atoms with van der Waals surface area (Å²) in [6, 6.07) is 4.65. The number of nitrogens with two attached hydrogens (primary N) is 1. The van der Waals surface area contributed by atoms with Gasteiger partial charge in [0.2, 0.25) is 29.5 Å². The number of carbonyl (C=O) groups is 5. The number of likely N-dealkylation sites (N-methyl/N-ethyl adjacent to an activating group) is 2. The van der Waals surface area contributed by atoms with Crippen molar-refractivity contribution < 1.29 is 33.4 Å². The van der Waals surface area contributed by atoms with Gasteiger partial charge in [-0.15, -0.1) is 0 Å². The maximum atomic E-state index is 14.2. The highest BCUT2D eigenvalue weighted by molar-refractivity contribution is 5.91. The van der Waals surface area contributed by atoms with Gasteiger partial charge in [0, 0.05) is 51.3 Å². The topological polar surface area (TPSA) is 188 Å². The molecule has 14 heteroatoms. The van der Waals surface area contributed by atoms with Crippen molar-refractivity contribution in [1.82, 2.24) is 30.7 Å². The van der Waals surface area contributed by atoms with Gasteiger partial charge in [-0.05, 0) is 49.3 Å². The summed E-state index contributed by atoms with van der Waals surface area (Å²) in [6.07, 6.45) is 2.79. The van der Waals surface area contributed by atoms with Crippen molar-refractivity contribution in [2.75, 3.05) is 34.9 Å². The quantitative estimate of drug-likeness (QED) is 0.128. The van der Waals surface area contributed by atoms with Gasteiger partial charge in [-0.1, -0.05) is 73.1 Å². The van der Waals surface area contributed by atoms with Crippen LogP contribution >= 0.6 is 0 Å². The molecule has 1 aromatic carbocycles. The zero-order valence-electron chi connectivity index (χ0n) is 34.8. The van der Waals surface area contributed by atoms with E-state index in [9.17, 15) is 24.0 Å². The average Bonchev–Trinajstić information content (AvgIpc) is 3.80. The van der Waals surface area contributed by atoms with E-state index in [1.54, 1.807) is 37.9 Å². The minimum absolute atomic E-state index is 0.00110. The Balaban J connectivity index is 1.77. The zero-order valence-corrected chi connectivity index (χ0v) is 34.8. The minimum atomic E-state index is -0.948. The molecule has 55 heavy (non-hydrogen) atoms. The Kier molecular flexibility index (Phi) is 17.1. The average molecular weight is 770 g/mol. The van der Waals surface area contributed by atoms with Gasteiger partial charge < -0.3 is 45.9 Å². The normalized spacial score (nSPS) is 19.0. The van der Waals surface area contributed by atoms with Gasteiger partial charge in [-0.25, -0.2) is 0 Å². The predicted molar refractivity (Wildman–Crippen MR) is 214 cm³/mol. The van der Waals surface area contributed by atoms with Crippen LogP contribution in [0.15, 0.2) is 30.5 Å². The molecule has 0 spiro atoms. The third-order valence-electron chi connectivity index (χ3n) is 11.5. The van der Waals surface area contributed by atoms with Crippen molar-refractivity contribution in [2.24, 2.45) is 29.4 Å². The SMILES string of the molecule is CC[C@H](C)[C@@H]([C@@H](CC(=O)N1CCC[C@H]1[C@H](OC)[C@@H](C)C(=O)N[C@@H](Cc1c[nH]c2ccccc12)C(N)=O)OC)N(C)C(=O)[C@@H](NC(=O)[C@@H](NC)C(C)C)C(C)C. The molecule has 6 N–H and O–H groups in total. The second-order valence-electron chi connectivity index (χ2n) is 15.9. The number of rotatable bonds is 21. The lowest BCUT2D eigenvalue weighted by Gasteiger charge is -2.41. The van der Waals surface area contributed by atoms with Gasteiger partial charge in [0.25, 0.3) is 0 Å². The monoisotopic (exact) mass is 770 g/mol. The molecule has 9 atom stereocenters. The van der Waals surface area contributed by atoms with Crippen LogP contribution in [-0.4, -0.2) is 122 Å². The second kappa shape index (κ2) is 20.8. The maximum absolute atomic E-state index is 14.2. The summed E-state index contributed by atoms with van der Waals surface area (Å²) >= 11 is 0. The van der Waals surface area contributed by atoms with E-state index in [4.69, 9.17) is 15.2 Å². The van der Waals surface area contributed by atoms with Gasteiger partial charge in [0.1, 0.15) is 12.1 Å². The van der Waals surface area contributed by atoms with E-state index < -0.39 is 60.1 Å². The van der Waals surface area contributed by atoms with Crippen molar-refractivity contribution in [3.63, 3.8) is 0 Å². The third kappa shape index (κ3) is 11.1. The summed E-state index contributed by atoms with van der Waals surface area (Å²) in [5.74, 6) is -2.64. The first-order chi connectivity index (χ1) is 26.0. The Morgan fingerprint density at radius 3 is 2.18 bits per heavy atom. The van der Waals surface area contributed by atoms with E-state index in [2.05, 4.69) is 20.9 Å². The predicted octanol–water partition coefficient (Wildman–Crippen LogP) is 2.99. The highest BCUT2D eigenvalue weighted by atomic mass is 16.5. The number of aromatic amines is 1. The number of methoxy groups -OCH3 is 2. The number of hydrogen-bond donors (Lipinski definition) is 5. The summed E-state index contributed by atoms with van der Waals surface area (Å²) in [5.41, 5.74) is 7.55. The van der Waals surface area contributed by atoms with E-state index in [0.29, 0.717) is 13.0 Å². The number of hydrogen-bond acceptors (Lipinski definition) is 8. The Bertz CT molecular complexity index is 1600. The van der Waals surface area contributed by atoms with E-state index in [1.165, 1.54) is 7.11 Å². The Labute approximate surface area is 327 Å². The first kappa shape index (κ1) is 45.4. The number of H-pyrrole nitrogens is 1. The van der Waals surface area contributed by atoms with Crippen LogP contribution in [0.2, 0.25) is 0 Å².